The molecule has 3 rings (SSSR count). The summed E-state index contributed by atoms with van der Waals surface area (Å²) in [6.07, 6.45) is 5.31. The van der Waals surface area contributed by atoms with Gasteiger partial charge in [-0.15, -0.1) is 0 Å². The third-order valence-corrected chi connectivity index (χ3v) is 5.53. The summed E-state index contributed by atoms with van der Waals surface area (Å²) in [6, 6.07) is 7.82. The summed E-state index contributed by atoms with van der Waals surface area (Å²) < 4.78 is 0. The van der Waals surface area contributed by atoms with Crippen LogP contribution in [0.1, 0.15) is 42.5 Å². The summed E-state index contributed by atoms with van der Waals surface area (Å²) in [6.45, 7) is 3.30. The molecule has 2 aliphatic rings. The predicted octanol–water partition coefficient (Wildman–Crippen LogP) is 3.58. The fraction of sp³-hybridized carbons (Fsp3) is 0.625. The molecule has 0 spiro atoms. The van der Waals surface area contributed by atoms with Crippen molar-refractivity contribution in [3.05, 3.63) is 34.9 Å². The highest BCUT2D eigenvalue weighted by Crippen LogP contribution is 2.35. The lowest BCUT2D eigenvalue weighted by Gasteiger charge is -2.25. The van der Waals surface area contributed by atoms with Crippen molar-refractivity contribution in [2.45, 2.75) is 38.6 Å². The number of aryl methyl sites for hydroxylation is 2. The fourth-order valence-electron chi connectivity index (χ4n) is 3.38. The lowest BCUT2D eigenvalue weighted by molar-refractivity contribution is 0.401. The Balaban J connectivity index is 1.84. The van der Waals surface area contributed by atoms with Crippen molar-refractivity contribution in [1.29, 1.82) is 0 Å². The van der Waals surface area contributed by atoms with Crippen LogP contribution in [0.5, 0.6) is 0 Å². The van der Waals surface area contributed by atoms with Crippen LogP contribution in [0.15, 0.2) is 18.2 Å². The molecule has 1 nitrogen and oxygen atoms in total. The number of rotatable bonds is 4. The van der Waals surface area contributed by atoms with Crippen LogP contribution in [-0.2, 0) is 12.8 Å². The highest BCUT2D eigenvalue weighted by molar-refractivity contribution is 7.99. The maximum Gasteiger partial charge on any atom is 0.0356 e. The highest BCUT2D eigenvalue weighted by Gasteiger charge is 2.26. The molecule has 2 unspecified atom stereocenters. The van der Waals surface area contributed by atoms with Gasteiger partial charge in [0.15, 0.2) is 0 Å². The van der Waals surface area contributed by atoms with Gasteiger partial charge in [-0.2, -0.15) is 11.8 Å². The van der Waals surface area contributed by atoms with Gasteiger partial charge in [0.05, 0.1) is 0 Å². The molecule has 0 radical (unpaired) electrons. The Labute approximate surface area is 115 Å². The number of nitrogens with one attached hydrogen (secondary N) is 1. The van der Waals surface area contributed by atoms with Crippen LogP contribution in [-0.4, -0.2) is 18.1 Å². The van der Waals surface area contributed by atoms with Gasteiger partial charge < -0.3 is 5.32 Å². The van der Waals surface area contributed by atoms with Crippen LogP contribution in [0.2, 0.25) is 0 Å². The Morgan fingerprint density at radius 2 is 2.22 bits per heavy atom. The first kappa shape index (κ1) is 12.6. The van der Waals surface area contributed by atoms with Crippen LogP contribution in [0.25, 0.3) is 0 Å². The molecule has 18 heavy (non-hydrogen) atoms. The van der Waals surface area contributed by atoms with E-state index in [1.807, 2.05) is 0 Å². The minimum absolute atomic E-state index is 0.580. The molecule has 0 saturated carbocycles. The molecule has 2 heteroatoms. The molecule has 2 atom stereocenters. The summed E-state index contributed by atoms with van der Waals surface area (Å²) in [5, 5.41) is 3.72. The first-order chi connectivity index (χ1) is 8.88. The standard InChI is InChI=1S/C16H23NS/c1-2-17-16(15-8-9-18-11-15)14-7-6-12-4-3-5-13(12)10-14/h6-7,10,15-17H,2-5,8-9,11H2,1H3. The van der Waals surface area contributed by atoms with E-state index < -0.39 is 0 Å². The zero-order valence-electron chi connectivity index (χ0n) is 11.2. The summed E-state index contributed by atoms with van der Waals surface area (Å²) in [7, 11) is 0. The second-order valence-corrected chi connectivity index (χ2v) is 6.69. The van der Waals surface area contributed by atoms with Gasteiger partial charge in [-0.25, -0.2) is 0 Å². The number of hydrogen-bond donors (Lipinski definition) is 1. The Bertz CT molecular complexity index is 410. The third kappa shape index (κ3) is 2.46. The normalized spacial score (nSPS) is 24.2. The van der Waals surface area contributed by atoms with Crippen molar-refractivity contribution in [3.63, 3.8) is 0 Å². The van der Waals surface area contributed by atoms with Gasteiger partial charge in [0.25, 0.3) is 0 Å². The summed E-state index contributed by atoms with van der Waals surface area (Å²) in [4.78, 5) is 0. The van der Waals surface area contributed by atoms with Crippen molar-refractivity contribution >= 4 is 11.8 Å². The van der Waals surface area contributed by atoms with Crippen molar-refractivity contribution < 1.29 is 0 Å². The Morgan fingerprint density at radius 1 is 1.33 bits per heavy atom. The van der Waals surface area contributed by atoms with E-state index in [4.69, 9.17) is 0 Å². The minimum Gasteiger partial charge on any atom is -0.310 e. The highest BCUT2D eigenvalue weighted by atomic mass is 32.2. The maximum atomic E-state index is 3.72. The number of hydrogen-bond acceptors (Lipinski definition) is 2. The Morgan fingerprint density at radius 3 is 3.00 bits per heavy atom. The molecular formula is C16H23NS. The maximum absolute atomic E-state index is 3.72. The first-order valence-corrected chi connectivity index (χ1v) is 8.47. The molecule has 1 N–H and O–H groups in total. The number of thioether (sulfide) groups is 1. The van der Waals surface area contributed by atoms with Gasteiger partial charge in [-0.3, -0.25) is 0 Å². The lowest BCUT2D eigenvalue weighted by atomic mass is 9.90. The van der Waals surface area contributed by atoms with Crippen LogP contribution in [0.3, 0.4) is 0 Å². The van der Waals surface area contributed by atoms with E-state index in [1.165, 1.54) is 42.8 Å². The van der Waals surface area contributed by atoms with Gasteiger partial charge in [-0.1, -0.05) is 25.1 Å². The van der Waals surface area contributed by atoms with E-state index in [-0.39, 0.29) is 0 Å². The van der Waals surface area contributed by atoms with Crippen LogP contribution in [0, 0.1) is 5.92 Å². The number of benzene rings is 1. The average molecular weight is 261 g/mol. The third-order valence-electron chi connectivity index (χ3n) is 4.34. The number of fused-ring (bicyclic) bond motifs is 1. The zero-order chi connectivity index (χ0) is 12.4. The predicted molar refractivity (Wildman–Crippen MR) is 80.3 cm³/mol. The molecule has 1 aliphatic heterocycles. The molecule has 1 saturated heterocycles. The smallest absolute Gasteiger partial charge is 0.0356 e. The molecule has 0 aromatic heterocycles. The summed E-state index contributed by atoms with van der Waals surface area (Å²) in [5.74, 6) is 3.50. The Kier molecular flexibility index (Phi) is 3.95. The second-order valence-electron chi connectivity index (χ2n) is 5.54. The van der Waals surface area contributed by atoms with E-state index in [0.717, 1.165) is 12.5 Å². The summed E-state index contributed by atoms with van der Waals surface area (Å²) in [5.41, 5.74) is 4.74. The average Bonchev–Trinajstić information content (AvgIpc) is 3.05. The molecule has 0 amide bonds. The minimum atomic E-state index is 0.580. The van der Waals surface area contributed by atoms with Crippen LogP contribution < -0.4 is 5.32 Å². The molecular weight excluding hydrogens is 238 g/mol. The van der Waals surface area contributed by atoms with Gasteiger partial charge in [0.1, 0.15) is 0 Å². The largest absolute Gasteiger partial charge is 0.310 e. The molecule has 1 heterocycles. The van der Waals surface area contributed by atoms with E-state index in [1.54, 1.807) is 11.1 Å². The van der Waals surface area contributed by atoms with E-state index in [0.29, 0.717) is 6.04 Å². The molecule has 1 aromatic rings. The monoisotopic (exact) mass is 261 g/mol. The molecule has 1 aliphatic carbocycles. The second kappa shape index (κ2) is 5.66. The Hall–Kier alpha value is -0.470. The topological polar surface area (TPSA) is 12.0 Å². The van der Waals surface area contributed by atoms with Crippen LogP contribution >= 0.6 is 11.8 Å². The SMILES string of the molecule is CCNC(c1ccc2c(c1)CCC2)C1CCSC1. The molecule has 0 bridgehead atoms. The zero-order valence-corrected chi connectivity index (χ0v) is 12.1. The van der Waals surface area contributed by atoms with Crippen molar-refractivity contribution in [2.24, 2.45) is 5.92 Å². The summed E-state index contributed by atoms with van der Waals surface area (Å²) >= 11 is 2.12. The van der Waals surface area contributed by atoms with E-state index >= 15 is 0 Å². The molecule has 1 fully saturated rings. The van der Waals surface area contributed by atoms with Crippen LogP contribution in [0.4, 0.5) is 0 Å². The van der Waals surface area contributed by atoms with Gasteiger partial charge in [0, 0.05) is 6.04 Å². The van der Waals surface area contributed by atoms with Crippen molar-refractivity contribution in [1.82, 2.24) is 5.32 Å². The fourth-order valence-corrected chi connectivity index (χ4v) is 4.68. The van der Waals surface area contributed by atoms with E-state index in [2.05, 4.69) is 42.2 Å². The molecule has 98 valence electrons. The molecule has 1 aromatic carbocycles. The van der Waals surface area contributed by atoms with Gasteiger partial charge in [0.2, 0.25) is 0 Å². The van der Waals surface area contributed by atoms with E-state index in [9.17, 15) is 0 Å². The van der Waals surface area contributed by atoms with Crippen molar-refractivity contribution in [2.75, 3.05) is 18.1 Å². The quantitative estimate of drug-likeness (QED) is 0.889. The first-order valence-electron chi connectivity index (χ1n) is 7.31. The lowest BCUT2D eigenvalue weighted by Crippen LogP contribution is -2.28. The van der Waals surface area contributed by atoms with Crippen molar-refractivity contribution in [3.8, 4) is 0 Å². The van der Waals surface area contributed by atoms with Gasteiger partial charge >= 0.3 is 0 Å². The van der Waals surface area contributed by atoms with Gasteiger partial charge in [-0.05, 0) is 66.3 Å².